The number of carbonyl (C=O) groups excluding carboxylic acids is 1. The quantitative estimate of drug-likeness (QED) is 0.452. The number of benzene rings is 1. The van der Waals surface area contributed by atoms with Crippen LogP contribution in [0.15, 0.2) is 52.2 Å². The predicted molar refractivity (Wildman–Crippen MR) is 128 cm³/mol. The monoisotopic (exact) mass is 453 g/mol. The van der Waals surface area contributed by atoms with E-state index in [2.05, 4.69) is 44.9 Å². The van der Waals surface area contributed by atoms with Crippen LogP contribution in [0.1, 0.15) is 57.3 Å². The van der Waals surface area contributed by atoms with Crippen LogP contribution < -0.4 is 10.2 Å². The Kier molecular flexibility index (Phi) is 7.19. The van der Waals surface area contributed by atoms with Gasteiger partial charge in [-0.3, -0.25) is 9.36 Å². The van der Waals surface area contributed by atoms with Gasteiger partial charge in [0.2, 0.25) is 11.9 Å². The topological polar surface area (TPSA) is 76.2 Å². The molecule has 1 aromatic carbocycles. The van der Waals surface area contributed by atoms with E-state index in [1.54, 1.807) is 6.26 Å². The maximum Gasteiger partial charge on any atom is 0.237 e. The second kappa shape index (κ2) is 10.3. The third-order valence-electron chi connectivity index (χ3n) is 5.99. The molecule has 3 aromatic rings. The van der Waals surface area contributed by atoms with E-state index in [0.29, 0.717) is 12.5 Å². The zero-order valence-corrected chi connectivity index (χ0v) is 19.8. The van der Waals surface area contributed by atoms with Crippen LogP contribution in [0.3, 0.4) is 0 Å². The minimum absolute atomic E-state index is 0.0407. The number of anilines is 2. The molecule has 1 fully saturated rings. The summed E-state index contributed by atoms with van der Waals surface area (Å²) in [7, 11) is 0. The lowest BCUT2D eigenvalue weighted by atomic mass is 9.97. The summed E-state index contributed by atoms with van der Waals surface area (Å²) in [5.74, 6) is 2.03. The second-order valence-electron chi connectivity index (χ2n) is 8.29. The molecule has 2 aromatic heterocycles. The van der Waals surface area contributed by atoms with Crippen molar-refractivity contribution in [2.24, 2.45) is 0 Å². The Morgan fingerprint density at radius 3 is 2.66 bits per heavy atom. The van der Waals surface area contributed by atoms with Crippen molar-refractivity contribution in [1.82, 2.24) is 14.8 Å². The van der Waals surface area contributed by atoms with Gasteiger partial charge in [0.15, 0.2) is 5.16 Å². The number of hydrogen-bond acceptors (Lipinski definition) is 6. The Morgan fingerprint density at radius 1 is 1.16 bits per heavy atom. The number of furan rings is 1. The first-order chi connectivity index (χ1) is 15.6. The molecule has 0 aliphatic carbocycles. The first-order valence-electron chi connectivity index (χ1n) is 11.3. The average molecular weight is 454 g/mol. The highest BCUT2D eigenvalue weighted by Crippen LogP contribution is 2.30. The average Bonchev–Trinajstić information content (AvgIpc) is 3.57. The molecule has 0 bridgehead atoms. The molecule has 7 nitrogen and oxygen atoms in total. The molecule has 1 N–H and O–H groups in total. The summed E-state index contributed by atoms with van der Waals surface area (Å²) >= 11 is 1.43. The summed E-state index contributed by atoms with van der Waals surface area (Å²) < 4.78 is 7.63. The molecular formula is C24H31N5O2S. The van der Waals surface area contributed by atoms with Crippen molar-refractivity contribution >= 4 is 29.3 Å². The summed E-state index contributed by atoms with van der Waals surface area (Å²) in [6.07, 6.45) is 5.01. The van der Waals surface area contributed by atoms with Crippen LogP contribution in [0.25, 0.3) is 0 Å². The molecule has 1 aliphatic rings. The molecule has 3 heterocycles. The highest BCUT2D eigenvalue weighted by atomic mass is 32.2. The number of rotatable bonds is 9. The van der Waals surface area contributed by atoms with Gasteiger partial charge >= 0.3 is 0 Å². The predicted octanol–water partition coefficient (Wildman–Crippen LogP) is 5.15. The van der Waals surface area contributed by atoms with Gasteiger partial charge in [0, 0.05) is 18.8 Å². The SMILES string of the molecule is CCC(C)c1ccccc1NC(=O)C(C)Sc1nnc(N2CCCC2)n1Cc1ccco1. The minimum atomic E-state index is -0.328. The number of aromatic nitrogens is 3. The van der Waals surface area contributed by atoms with Crippen molar-refractivity contribution in [3.63, 3.8) is 0 Å². The molecule has 1 aliphatic heterocycles. The van der Waals surface area contributed by atoms with E-state index in [4.69, 9.17) is 4.42 Å². The van der Waals surface area contributed by atoms with Crippen molar-refractivity contribution in [2.75, 3.05) is 23.3 Å². The van der Waals surface area contributed by atoms with Gasteiger partial charge in [-0.05, 0) is 55.9 Å². The Morgan fingerprint density at radius 2 is 1.94 bits per heavy atom. The molecule has 0 radical (unpaired) electrons. The van der Waals surface area contributed by atoms with Crippen molar-refractivity contribution < 1.29 is 9.21 Å². The van der Waals surface area contributed by atoms with Gasteiger partial charge in [-0.2, -0.15) is 0 Å². The summed E-state index contributed by atoms with van der Waals surface area (Å²) in [4.78, 5) is 15.3. The van der Waals surface area contributed by atoms with Crippen LogP contribution in [0.2, 0.25) is 0 Å². The number of nitrogens with zero attached hydrogens (tertiary/aromatic N) is 4. The number of para-hydroxylation sites is 1. The third kappa shape index (κ3) is 5.01. The highest BCUT2D eigenvalue weighted by molar-refractivity contribution is 8.00. The van der Waals surface area contributed by atoms with Gasteiger partial charge in [0.1, 0.15) is 5.76 Å². The molecule has 8 heteroatoms. The minimum Gasteiger partial charge on any atom is -0.467 e. The molecule has 2 atom stereocenters. The van der Waals surface area contributed by atoms with E-state index in [0.717, 1.165) is 60.5 Å². The maximum absolute atomic E-state index is 13.1. The van der Waals surface area contributed by atoms with Crippen LogP contribution >= 0.6 is 11.8 Å². The largest absolute Gasteiger partial charge is 0.467 e. The molecule has 0 spiro atoms. The zero-order chi connectivity index (χ0) is 22.5. The number of nitrogens with one attached hydrogen (secondary N) is 1. The van der Waals surface area contributed by atoms with E-state index in [1.807, 2.05) is 37.3 Å². The lowest BCUT2D eigenvalue weighted by Gasteiger charge is -2.19. The fraction of sp³-hybridized carbons (Fsp3) is 0.458. The van der Waals surface area contributed by atoms with Gasteiger partial charge in [0.05, 0.1) is 18.1 Å². The number of thioether (sulfide) groups is 1. The fourth-order valence-electron chi connectivity index (χ4n) is 3.92. The van der Waals surface area contributed by atoms with Crippen LogP contribution in [0.5, 0.6) is 0 Å². The van der Waals surface area contributed by atoms with Crippen molar-refractivity contribution in [2.45, 2.75) is 62.9 Å². The van der Waals surface area contributed by atoms with Crippen LogP contribution in [-0.4, -0.2) is 39.0 Å². The van der Waals surface area contributed by atoms with E-state index in [-0.39, 0.29) is 11.2 Å². The van der Waals surface area contributed by atoms with Gasteiger partial charge in [-0.1, -0.05) is 43.8 Å². The molecule has 0 saturated carbocycles. The van der Waals surface area contributed by atoms with Crippen molar-refractivity contribution in [1.29, 1.82) is 0 Å². The van der Waals surface area contributed by atoms with Crippen molar-refractivity contribution in [3.8, 4) is 0 Å². The van der Waals surface area contributed by atoms with Crippen LogP contribution in [0.4, 0.5) is 11.6 Å². The Bertz CT molecular complexity index is 1030. The van der Waals surface area contributed by atoms with E-state index < -0.39 is 0 Å². The highest BCUT2D eigenvalue weighted by Gasteiger charge is 2.25. The molecule has 1 amide bonds. The standard InChI is InChI=1S/C24H31N5O2S/c1-4-17(2)20-11-5-6-12-21(20)25-22(30)18(3)32-24-27-26-23(28-13-7-8-14-28)29(24)16-19-10-9-15-31-19/h5-6,9-12,15,17-18H,4,7-8,13-14,16H2,1-3H3,(H,25,30). The van der Waals surface area contributed by atoms with Gasteiger partial charge in [0.25, 0.3) is 0 Å². The second-order valence-corrected chi connectivity index (χ2v) is 9.60. The van der Waals surface area contributed by atoms with E-state index in [9.17, 15) is 4.79 Å². The van der Waals surface area contributed by atoms with Crippen LogP contribution in [-0.2, 0) is 11.3 Å². The number of amides is 1. The summed E-state index contributed by atoms with van der Waals surface area (Å²) in [5.41, 5.74) is 2.05. The molecule has 2 unspecified atom stereocenters. The Hall–Kier alpha value is -2.74. The molecule has 32 heavy (non-hydrogen) atoms. The van der Waals surface area contributed by atoms with Crippen LogP contribution in [0, 0.1) is 0 Å². The summed E-state index contributed by atoms with van der Waals surface area (Å²) in [5, 5.41) is 12.4. The third-order valence-corrected chi connectivity index (χ3v) is 7.07. The van der Waals surface area contributed by atoms with Gasteiger partial charge in [-0.25, -0.2) is 0 Å². The molecular weight excluding hydrogens is 422 g/mol. The summed E-state index contributed by atoms with van der Waals surface area (Å²) in [6.45, 7) is 8.74. The fourth-order valence-corrected chi connectivity index (χ4v) is 4.77. The summed E-state index contributed by atoms with van der Waals surface area (Å²) in [6, 6.07) is 11.9. The van der Waals surface area contributed by atoms with Gasteiger partial charge in [-0.15, -0.1) is 10.2 Å². The van der Waals surface area contributed by atoms with E-state index in [1.165, 1.54) is 11.8 Å². The first kappa shape index (κ1) is 22.5. The lowest BCUT2D eigenvalue weighted by molar-refractivity contribution is -0.115. The Balaban J connectivity index is 1.51. The molecule has 4 rings (SSSR count). The van der Waals surface area contributed by atoms with Gasteiger partial charge < -0.3 is 14.6 Å². The van der Waals surface area contributed by atoms with Crippen molar-refractivity contribution in [3.05, 3.63) is 54.0 Å². The van der Waals surface area contributed by atoms with E-state index >= 15 is 0 Å². The lowest BCUT2D eigenvalue weighted by Crippen LogP contribution is -2.25. The first-order valence-corrected chi connectivity index (χ1v) is 12.2. The smallest absolute Gasteiger partial charge is 0.237 e. The Labute approximate surface area is 193 Å². The molecule has 1 saturated heterocycles. The maximum atomic E-state index is 13.1. The normalized spacial score (nSPS) is 15.7. The molecule has 170 valence electrons. The number of carbonyl (C=O) groups is 1. The zero-order valence-electron chi connectivity index (χ0n) is 19.0. The number of hydrogen-bond donors (Lipinski definition) is 1.